The second-order valence-corrected chi connectivity index (χ2v) is 7.15. The van der Waals surface area contributed by atoms with Gasteiger partial charge in [-0.1, -0.05) is 0 Å². The fourth-order valence-electron chi connectivity index (χ4n) is 3.57. The number of aromatic nitrogens is 7. The number of fused-ring (bicyclic) bond motifs is 1. The van der Waals surface area contributed by atoms with Crippen molar-refractivity contribution in [2.45, 2.75) is 33.4 Å². The summed E-state index contributed by atoms with van der Waals surface area (Å²) in [7, 11) is 1.88. The minimum atomic E-state index is -0.603. The summed E-state index contributed by atoms with van der Waals surface area (Å²) in [6.07, 6.45) is 4.23. The van der Waals surface area contributed by atoms with Gasteiger partial charge in [0.05, 0.1) is 23.1 Å². The van der Waals surface area contributed by atoms with E-state index in [-0.39, 0.29) is 12.3 Å². The van der Waals surface area contributed by atoms with Crippen LogP contribution in [0.4, 0.5) is 0 Å². The Morgan fingerprint density at radius 1 is 1.23 bits per heavy atom. The molecular formula is C20H24N8O2. The van der Waals surface area contributed by atoms with Gasteiger partial charge in [-0.3, -0.25) is 14.2 Å². The molecule has 10 heteroatoms. The Bertz CT molecular complexity index is 1230. The zero-order valence-corrected chi connectivity index (χ0v) is 17.2. The SMILES string of the molecule is CCn1ncc2c(-c3nc(-c4cc(C)nn4CCCO)cn3C)nc(C(N)=O)cc21. The summed E-state index contributed by atoms with van der Waals surface area (Å²) in [6.45, 7) is 5.23. The van der Waals surface area contributed by atoms with Crippen molar-refractivity contribution < 1.29 is 9.90 Å². The highest BCUT2D eigenvalue weighted by Crippen LogP contribution is 2.29. The molecule has 4 aromatic heterocycles. The summed E-state index contributed by atoms with van der Waals surface area (Å²) in [4.78, 5) is 21.2. The number of carbonyl (C=O) groups excluding carboxylic acids is 1. The number of primary amides is 1. The lowest BCUT2D eigenvalue weighted by Crippen LogP contribution is -2.14. The third-order valence-electron chi connectivity index (χ3n) is 4.97. The van der Waals surface area contributed by atoms with E-state index in [1.165, 1.54) is 0 Å². The summed E-state index contributed by atoms with van der Waals surface area (Å²) in [6, 6.07) is 3.62. The van der Waals surface area contributed by atoms with Crippen molar-refractivity contribution in [3.63, 3.8) is 0 Å². The van der Waals surface area contributed by atoms with Gasteiger partial charge >= 0.3 is 0 Å². The fourth-order valence-corrected chi connectivity index (χ4v) is 3.57. The van der Waals surface area contributed by atoms with Crippen LogP contribution < -0.4 is 5.73 Å². The zero-order valence-electron chi connectivity index (χ0n) is 17.2. The molecule has 156 valence electrons. The molecule has 0 aliphatic heterocycles. The van der Waals surface area contributed by atoms with Gasteiger partial charge in [-0.25, -0.2) is 9.97 Å². The van der Waals surface area contributed by atoms with Crippen molar-refractivity contribution in [2.75, 3.05) is 6.61 Å². The van der Waals surface area contributed by atoms with E-state index in [2.05, 4.69) is 15.2 Å². The molecule has 4 rings (SSSR count). The van der Waals surface area contributed by atoms with Crippen molar-refractivity contribution in [3.8, 4) is 22.9 Å². The molecule has 0 aromatic carbocycles. The van der Waals surface area contributed by atoms with Gasteiger partial charge in [0, 0.05) is 38.3 Å². The van der Waals surface area contributed by atoms with Crippen molar-refractivity contribution in [1.82, 2.24) is 34.1 Å². The summed E-state index contributed by atoms with van der Waals surface area (Å²) >= 11 is 0. The summed E-state index contributed by atoms with van der Waals surface area (Å²) < 4.78 is 5.50. The van der Waals surface area contributed by atoms with Gasteiger partial charge in [0.15, 0.2) is 5.82 Å². The maximum Gasteiger partial charge on any atom is 0.267 e. The van der Waals surface area contributed by atoms with Crippen LogP contribution in [-0.4, -0.2) is 51.7 Å². The van der Waals surface area contributed by atoms with Crippen LogP contribution in [0, 0.1) is 6.92 Å². The number of rotatable bonds is 7. The first-order chi connectivity index (χ1) is 14.4. The smallest absolute Gasteiger partial charge is 0.267 e. The van der Waals surface area contributed by atoms with Crippen LogP contribution in [0.5, 0.6) is 0 Å². The Labute approximate surface area is 173 Å². The first-order valence-corrected chi connectivity index (χ1v) is 9.78. The first-order valence-electron chi connectivity index (χ1n) is 9.78. The molecule has 0 aliphatic rings. The number of nitrogens with two attached hydrogens (primary N) is 1. The lowest BCUT2D eigenvalue weighted by molar-refractivity contribution is 0.0996. The molecule has 0 saturated heterocycles. The Morgan fingerprint density at radius 3 is 2.73 bits per heavy atom. The van der Waals surface area contributed by atoms with Gasteiger partial charge in [-0.15, -0.1) is 0 Å². The lowest BCUT2D eigenvalue weighted by Gasteiger charge is -2.06. The Morgan fingerprint density at radius 2 is 2.03 bits per heavy atom. The van der Waals surface area contributed by atoms with Crippen LogP contribution in [-0.2, 0) is 20.1 Å². The van der Waals surface area contributed by atoms with E-state index in [0.717, 1.165) is 28.0 Å². The van der Waals surface area contributed by atoms with Gasteiger partial charge in [-0.2, -0.15) is 10.2 Å². The number of aliphatic hydroxyl groups excluding tert-OH is 1. The topological polar surface area (TPSA) is 130 Å². The number of pyridine rings is 1. The van der Waals surface area contributed by atoms with Gasteiger partial charge < -0.3 is 15.4 Å². The van der Waals surface area contributed by atoms with Gasteiger partial charge in [0.25, 0.3) is 5.91 Å². The zero-order chi connectivity index (χ0) is 21.4. The van der Waals surface area contributed by atoms with Crippen LogP contribution in [0.2, 0.25) is 0 Å². The van der Waals surface area contributed by atoms with Gasteiger partial charge in [0.1, 0.15) is 17.1 Å². The maximum absolute atomic E-state index is 11.9. The third kappa shape index (κ3) is 3.35. The molecule has 1 amide bonds. The molecule has 0 saturated carbocycles. The lowest BCUT2D eigenvalue weighted by atomic mass is 10.2. The van der Waals surface area contributed by atoms with E-state index in [1.807, 2.05) is 42.4 Å². The number of hydrogen-bond acceptors (Lipinski definition) is 6. The molecule has 30 heavy (non-hydrogen) atoms. The number of hydrogen-bond donors (Lipinski definition) is 2. The highest BCUT2D eigenvalue weighted by molar-refractivity contribution is 5.99. The maximum atomic E-state index is 11.9. The highest BCUT2D eigenvalue weighted by atomic mass is 16.3. The highest BCUT2D eigenvalue weighted by Gasteiger charge is 2.20. The molecule has 3 N–H and O–H groups in total. The van der Waals surface area contributed by atoms with Crippen LogP contribution in [0.15, 0.2) is 24.5 Å². The molecular weight excluding hydrogens is 384 g/mol. The molecule has 0 unspecified atom stereocenters. The average Bonchev–Trinajstić information content (AvgIpc) is 3.41. The van der Waals surface area contributed by atoms with Crippen LogP contribution >= 0.6 is 0 Å². The van der Waals surface area contributed by atoms with Crippen molar-refractivity contribution in [2.24, 2.45) is 12.8 Å². The van der Waals surface area contributed by atoms with Crippen molar-refractivity contribution in [1.29, 1.82) is 0 Å². The number of amides is 1. The van der Waals surface area contributed by atoms with E-state index in [9.17, 15) is 9.90 Å². The van der Waals surface area contributed by atoms with Crippen LogP contribution in [0.25, 0.3) is 33.8 Å². The normalized spacial score (nSPS) is 11.5. The van der Waals surface area contributed by atoms with E-state index >= 15 is 0 Å². The average molecular weight is 408 g/mol. The largest absolute Gasteiger partial charge is 0.396 e. The number of nitrogens with zero attached hydrogens (tertiary/aromatic N) is 7. The molecule has 0 atom stereocenters. The Kier molecular flexibility index (Phi) is 5.08. The minimum Gasteiger partial charge on any atom is -0.396 e. The summed E-state index contributed by atoms with van der Waals surface area (Å²) in [5.41, 5.74) is 9.48. The second kappa shape index (κ2) is 7.71. The molecule has 0 radical (unpaired) electrons. The van der Waals surface area contributed by atoms with Gasteiger partial charge in [-0.05, 0) is 32.4 Å². The number of carbonyl (C=O) groups is 1. The Balaban J connectivity index is 1.88. The minimum absolute atomic E-state index is 0.0923. The van der Waals surface area contributed by atoms with E-state index in [1.54, 1.807) is 16.9 Å². The van der Waals surface area contributed by atoms with Crippen molar-refractivity contribution in [3.05, 3.63) is 35.9 Å². The quantitative estimate of drug-likeness (QED) is 0.477. The molecule has 0 spiro atoms. The summed E-state index contributed by atoms with van der Waals surface area (Å²) in [5.74, 6) is -0.00421. The molecule has 0 aliphatic carbocycles. The number of aliphatic hydroxyl groups is 1. The predicted molar refractivity (Wildman–Crippen MR) is 112 cm³/mol. The first kappa shape index (κ1) is 19.8. The standard InChI is InChI=1S/C20H24N8O2/c1-4-27-16-9-14(19(21)30)23-18(13(16)10-22-27)20-24-15(11-26(20)3)17-8-12(2)25-28(17)6-5-7-29/h8-11,29H,4-7H2,1-3H3,(H2,21,30). The Hall–Kier alpha value is -3.53. The number of imidazole rings is 1. The second-order valence-electron chi connectivity index (χ2n) is 7.15. The van der Waals surface area contributed by atoms with Gasteiger partial charge in [0.2, 0.25) is 0 Å². The molecule has 0 bridgehead atoms. The summed E-state index contributed by atoms with van der Waals surface area (Å²) in [5, 5.41) is 18.9. The third-order valence-corrected chi connectivity index (χ3v) is 4.97. The molecule has 10 nitrogen and oxygen atoms in total. The van der Waals surface area contributed by atoms with E-state index in [4.69, 9.17) is 10.7 Å². The monoisotopic (exact) mass is 408 g/mol. The van der Waals surface area contributed by atoms with E-state index in [0.29, 0.717) is 31.0 Å². The van der Waals surface area contributed by atoms with Crippen molar-refractivity contribution >= 4 is 16.8 Å². The fraction of sp³-hybridized carbons (Fsp3) is 0.350. The van der Waals surface area contributed by atoms with E-state index < -0.39 is 5.91 Å². The molecule has 0 fully saturated rings. The molecule has 4 aromatic rings. The predicted octanol–water partition coefficient (Wildman–Crippen LogP) is 1.50. The number of aryl methyl sites for hydroxylation is 4. The molecule has 4 heterocycles. The van der Waals surface area contributed by atoms with Crippen LogP contribution in [0.1, 0.15) is 29.5 Å². The van der Waals surface area contributed by atoms with Crippen LogP contribution in [0.3, 0.4) is 0 Å².